The molecule has 2 unspecified atom stereocenters. The molecule has 4 nitrogen and oxygen atoms in total. The molecule has 2 fully saturated rings. The van der Waals surface area contributed by atoms with Gasteiger partial charge in [0.05, 0.1) is 6.10 Å². The summed E-state index contributed by atoms with van der Waals surface area (Å²) in [5, 5.41) is 9.57. The number of pyridine rings is 1. The molecule has 0 amide bonds. The monoisotopic (exact) mass is 275 g/mol. The van der Waals surface area contributed by atoms with Crippen LogP contribution in [0.4, 0.5) is 5.82 Å². The zero-order valence-electron chi connectivity index (χ0n) is 12.5. The van der Waals surface area contributed by atoms with Crippen molar-refractivity contribution in [3.8, 4) is 0 Å². The van der Waals surface area contributed by atoms with Crippen LogP contribution in [-0.2, 0) is 0 Å². The van der Waals surface area contributed by atoms with E-state index in [1.54, 1.807) is 13.1 Å². The second kappa shape index (κ2) is 5.70. The Morgan fingerprint density at radius 1 is 1.30 bits per heavy atom. The van der Waals surface area contributed by atoms with Gasteiger partial charge in [0.1, 0.15) is 5.82 Å². The molecule has 4 heteroatoms. The average molecular weight is 275 g/mol. The summed E-state index contributed by atoms with van der Waals surface area (Å²) in [5.41, 5.74) is 0.887. The van der Waals surface area contributed by atoms with E-state index in [9.17, 15) is 5.11 Å². The van der Waals surface area contributed by atoms with Crippen LogP contribution in [0.15, 0.2) is 18.3 Å². The van der Waals surface area contributed by atoms with Gasteiger partial charge < -0.3 is 10.0 Å². The number of hydrogen-bond acceptors (Lipinski definition) is 4. The molecule has 0 bridgehead atoms. The summed E-state index contributed by atoms with van der Waals surface area (Å²) in [5.74, 6) is 1.05. The van der Waals surface area contributed by atoms with Crippen molar-refractivity contribution < 1.29 is 5.11 Å². The van der Waals surface area contributed by atoms with E-state index in [0.717, 1.165) is 24.5 Å². The fourth-order valence-electron chi connectivity index (χ4n) is 3.49. The summed E-state index contributed by atoms with van der Waals surface area (Å²) >= 11 is 0. The SMILES string of the molecule is CC1CN2CCCCC2CN1c1ccc([C@H](C)O)cn1. The van der Waals surface area contributed by atoms with Crippen molar-refractivity contribution in [1.29, 1.82) is 0 Å². The van der Waals surface area contributed by atoms with Crippen LogP contribution in [0.25, 0.3) is 0 Å². The molecule has 0 aromatic carbocycles. The van der Waals surface area contributed by atoms with Crippen LogP contribution in [0.2, 0.25) is 0 Å². The number of nitrogens with zero attached hydrogens (tertiary/aromatic N) is 3. The molecule has 0 saturated carbocycles. The average Bonchev–Trinajstić information content (AvgIpc) is 2.46. The van der Waals surface area contributed by atoms with E-state index in [0.29, 0.717) is 12.1 Å². The van der Waals surface area contributed by atoms with Gasteiger partial charge in [-0.2, -0.15) is 0 Å². The molecule has 20 heavy (non-hydrogen) atoms. The summed E-state index contributed by atoms with van der Waals surface area (Å²) in [7, 11) is 0. The van der Waals surface area contributed by atoms with E-state index < -0.39 is 6.10 Å². The minimum Gasteiger partial charge on any atom is -0.389 e. The number of fused-ring (bicyclic) bond motifs is 1. The van der Waals surface area contributed by atoms with Gasteiger partial charge in [0.15, 0.2) is 0 Å². The predicted octanol–water partition coefficient (Wildman–Crippen LogP) is 2.20. The fourth-order valence-corrected chi connectivity index (χ4v) is 3.49. The number of hydrogen-bond donors (Lipinski definition) is 1. The van der Waals surface area contributed by atoms with Gasteiger partial charge in [-0.3, -0.25) is 4.90 Å². The second-order valence-corrected chi connectivity index (χ2v) is 6.27. The largest absolute Gasteiger partial charge is 0.389 e. The highest BCUT2D eigenvalue weighted by Gasteiger charge is 2.33. The number of aliphatic hydroxyl groups is 1. The van der Waals surface area contributed by atoms with E-state index in [2.05, 4.69) is 27.8 Å². The van der Waals surface area contributed by atoms with Gasteiger partial charge in [-0.05, 0) is 44.9 Å². The summed E-state index contributed by atoms with van der Waals surface area (Å²) < 4.78 is 0. The Bertz CT molecular complexity index is 446. The summed E-state index contributed by atoms with van der Waals surface area (Å²) in [4.78, 5) is 9.64. The van der Waals surface area contributed by atoms with Crippen LogP contribution >= 0.6 is 0 Å². The van der Waals surface area contributed by atoms with Crippen molar-refractivity contribution in [3.63, 3.8) is 0 Å². The Labute approximate surface area is 121 Å². The fraction of sp³-hybridized carbons (Fsp3) is 0.688. The molecule has 0 spiro atoms. The molecule has 0 aliphatic carbocycles. The standard InChI is InChI=1S/C16H25N3O/c1-12-10-18-8-4-3-5-15(18)11-19(12)16-7-6-14(9-17-16)13(2)20/h6-7,9,12-13,15,20H,3-5,8,10-11H2,1-2H3/t12?,13-,15?/m0/s1. The number of anilines is 1. The molecule has 0 radical (unpaired) electrons. The lowest BCUT2D eigenvalue weighted by atomic mass is 9.97. The minimum absolute atomic E-state index is 0.441. The molecule has 2 aliphatic heterocycles. The minimum atomic E-state index is -0.441. The van der Waals surface area contributed by atoms with Gasteiger partial charge >= 0.3 is 0 Å². The van der Waals surface area contributed by atoms with E-state index in [4.69, 9.17) is 0 Å². The summed E-state index contributed by atoms with van der Waals surface area (Å²) in [6.45, 7) is 7.55. The topological polar surface area (TPSA) is 39.6 Å². The van der Waals surface area contributed by atoms with Crippen LogP contribution in [-0.4, -0.2) is 46.7 Å². The third kappa shape index (κ3) is 2.67. The lowest BCUT2D eigenvalue weighted by molar-refractivity contribution is 0.115. The van der Waals surface area contributed by atoms with Crippen molar-refractivity contribution >= 4 is 5.82 Å². The molecule has 3 rings (SSSR count). The zero-order chi connectivity index (χ0) is 14.1. The lowest BCUT2D eigenvalue weighted by Crippen LogP contribution is -2.59. The third-order valence-electron chi connectivity index (χ3n) is 4.73. The van der Waals surface area contributed by atoms with Gasteiger partial charge in [0.25, 0.3) is 0 Å². The van der Waals surface area contributed by atoms with Crippen LogP contribution in [0, 0.1) is 0 Å². The van der Waals surface area contributed by atoms with E-state index in [-0.39, 0.29) is 0 Å². The van der Waals surface area contributed by atoms with Crippen molar-refractivity contribution in [2.45, 2.75) is 51.3 Å². The van der Waals surface area contributed by atoms with Crippen molar-refractivity contribution in [1.82, 2.24) is 9.88 Å². The molecule has 110 valence electrons. The zero-order valence-corrected chi connectivity index (χ0v) is 12.5. The van der Waals surface area contributed by atoms with Crippen molar-refractivity contribution in [3.05, 3.63) is 23.9 Å². The first-order chi connectivity index (χ1) is 9.65. The van der Waals surface area contributed by atoms with Crippen molar-refractivity contribution in [2.24, 2.45) is 0 Å². The number of rotatable bonds is 2. The van der Waals surface area contributed by atoms with Gasteiger partial charge in [0.2, 0.25) is 0 Å². The molecule has 1 aromatic heterocycles. The van der Waals surface area contributed by atoms with E-state index >= 15 is 0 Å². The van der Waals surface area contributed by atoms with Gasteiger partial charge in [-0.15, -0.1) is 0 Å². The van der Waals surface area contributed by atoms with Gasteiger partial charge in [0, 0.05) is 31.4 Å². The Kier molecular flexibility index (Phi) is 3.94. The van der Waals surface area contributed by atoms with Crippen LogP contribution in [0.3, 0.4) is 0 Å². The normalized spacial score (nSPS) is 29.1. The van der Waals surface area contributed by atoms with Gasteiger partial charge in [-0.25, -0.2) is 4.98 Å². The first-order valence-corrected chi connectivity index (χ1v) is 7.80. The molecule has 3 heterocycles. The third-order valence-corrected chi connectivity index (χ3v) is 4.73. The first kappa shape index (κ1) is 13.8. The maximum absolute atomic E-state index is 9.57. The first-order valence-electron chi connectivity index (χ1n) is 7.80. The Morgan fingerprint density at radius 3 is 2.85 bits per heavy atom. The molecule has 2 saturated heterocycles. The molecule has 1 N–H and O–H groups in total. The lowest BCUT2D eigenvalue weighted by Gasteiger charge is -2.48. The summed E-state index contributed by atoms with van der Waals surface area (Å²) in [6, 6.07) is 5.25. The summed E-state index contributed by atoms with van der Waals surface area (Å²) in [6.07, 6.45) is 5.39. The molecular weight excluding hydrogens is 250 g/mol. The maximum atomic E-state index is 9.57. The van der Waals surface area contributed by atoms with Gasteiger partial charge in [-0.1, -0.05) is 12.5 Å². The smallest absolute Gasteiger partial charge is 0.128 e. The van der Waals surface area contributed by atoms with E-state index in [1.165, 1.54) is 25.8 Å². The Hall–Kier alpha value is -1.13. The predicted molar refractivity (Wildman–Crippen MR) is 80.9 cm³/mol. The van der Waals surface area contributed by atoms with Crippen LogP contribution < -0.4 is 4.90 Å². The van der Waals surface area contributed by atoms with Crippen molar-refractivity contribution in [2.75, 3.05) is 24.5 Å². The van der Waals surface area contributed by atoms with E-state index in [1.807, 2.05) is 6.07 Å². The Morgan fingerprint density at radius 2 is 2.15 bits per heavy atom. The quantitative estimate of drug-likeness (QED) is 0.898. The number of aliphatic hydroxyl groups excluding tert-OH is 1. The second-order valence-electron chi connectivity index (χ2n) is 6.27. The maximum Gasteiger partial charge on any atom is 0.128 e. The highest BCUT2D eigenvalue weighted by Crippen LogP contribution is 2.27. The van der Waals surface area contributed by atoms with Crippen LogP contribution in [0.1, 0.15) is 44.8 Å². The molecule has 3 atom stereocenters. The number of piperazine rings is 1. The van der Waals surface area contributed by atoms with Crippen LogP contribution in [0.5, 0.6) is 0 Å². The highest BCUT2D eigenvalue weighted by atomic mass is 16.3. The Balaban J connectivity index is 1.75. The molecule has 2 aliphatic rings. The number of piperidine rings is 1. The molecule has 1 aromatic rings. The number of aromatic nitrogens is 1. The highest BCUT2D eigenvalue weighted by molar-refractivity contribution is 5.42. The molecular formula is C16H25N3O.